The molecule has 8 heteroatoms. The third-order valence-electron chi connectivity index (χ3n) is 6.13. The predicted molar refractivity (Wildman–Crippen MR) is 135 cm³/mol. The third kappa shape index (κ3) is 5.54. The average molecular weight is 489 g/mol. The number of aromatic nitrogens is 2. The number of hydrogen-bond acceptors (Lipinski definition) is 4. The molecular weight excluding hydrogens is 463 g/mol. The summed E-state index contributed by atoms with van der Waals surface area (Å²) in [6.45, 7) is 1.99. The molecule has 178 valence electrons. The van der Waals surface area contributed by atoms with Crippen molar-refractivity contribution in [3.63, 3.8) is 0 Å². The first-order valence-corrected chi connectivity index (χ1v) is 12.5. The summed E-state index contributed by atoms with van der Waals surface area (Å²) in [5.74, 6) is 0.414. The predicted octanol–water partition coefficient (Wildman–Crippen LogP) is 4.52. The molecule has 0 spiro atoms. The lowest BCUT2D eigenvalue weighted by Crippen LogP contribution is -2.51. The number of carbonyl (C=O) groups excluding carboxylic acids is 2. The van der Waals surface area contributed by atoms with Gasteiger partial charge in [0.2, 0.25) is 5.91 Å². The van der Waals surface area contributed by atoms with Crippen LogP contribution in [0.25, 0.3) is 11.0 Å². The molecule has 6 nitrogen and oxygen atoms in total. The average Bonchev–Trinajstić information content (AvgIpc) is 3.32. The Morgan fingerprint density at radius 2 is 1.51 bits per heavy atom. The molecule has 35 heavy (non-hydrogen) atoms. The molecule has 1 saturated heterocycles. The van der Waals surface area contributed by atoms with Gasteiger partial charge in [0, 0.05) is 37.5 Å². The van der Waals surface area contributed by atoms with Crippen molar-refractivity contribution < 1.29 is 14.0 Å². The number of rotatable bonds is 6. The number of H-pyrrole nitrogens is 1. The number of thioether (sulfide) groups is 1. The van der Waals surface area contributed by atoms with Gasteiger partial charge in [0.25, 0.3) is 5.91 Å². The zero-order valence-electron chi connectivity index (χ0n) is 19.1. The number of amides is 2. The third-order valence-corrected chi connectivity index (χ3v) is 7.08. The van der Waals surface area contributed by atoms with Crippen molar-refractivity contribution in [2.24, 2.45) is 0 Å². The van der Waals surface area contributed by atoms with Crippen molar-refractivity contribution in [2.75, 3.05) is 26.2 Å². The lowest BCUT2D eigenvalue weighted by atomic mass is 10.1. The van der Waals surface area contributed by atoms with Gasteiger partial charge in [-0.15, -0.1) is 0 Å². The van der Waals surface area contributed by atoms with Crippen LogP contribution in [0.3, 0.4) is 0 Å². The molecule has 1 fully saturated rings. The second-order valence-corrected chi connectivity index (χ2v) is 9.48. The fourth-order valence-corrected chi connectivity index (χ4v) is 4.96. The summed E-state index contributed by atoms with van der Waals surface area (Å²) in [5, 5.41) is 0.873. The summed E-state index contributed by atoms with van der Waals surface area (Å²) in [6, 6.07) is 21.6. The van der Waals surface area contributed by atoms with Crippen LogP contribution in [0.2, 0.25) is 0 Å². The standard InChI is InChI=1S/C27H25FN4O2S/c28-22-11-7-19(8-12-22)17-25(33)31-13-15-32(16-14-31)26(34)21-9-5-20(6-10-21)18-35-27-29-23-3-1-2-4-24(23)30-27/h1-12H,13-18H2,(H,29,30). The van der Waals surface area contributed by atoms with Crippen molar-refractivity contribution in [1.29, 1.82) is 0 Å². The van der Waals surface area contributed by atoms with Crippen LogP contribution in [0, 0.1) is 5.82 Å². The molecule has 0 atom stereocenters. The van der Waals surface area contributed by atoms with Gasteiger partial charge >= 0.3 is 0 Å². The van der Waals surface area contributed by atoms with Gasteiger partial charge in [-0.3, -0.25) is 9.59 Å². The van der Waals surface area contributed by atoms with Crippen LogP contribution in [0.1, 0.15) is 21.5 Å². The van der Waals surface area contributed by atoms with E-state index in [4.69, 9.17) is 0 Å². The zero-order chi connectivity index (χ0) is 24.2. The van der Waals surface area contributed by atoms with E-state index in [1.165, 1.54) is 12.1 Å². The molecule has 5 rings (SSSR count). The van der Waals surface area contributed by atoms with Crippen LogP contribution in [0.15, 0.2) is 78.0 Å². The van der Waals surface area contributed by atoms with E-state index in [2.05, 4.69) is 9.97 Å². The Bertz CT molecular complexity index is 1300. The van der Waals surface area contributed by atoms with Crippen LogP contribution >= 0.6 is 11.8 Å². The van der Waals surface area contributed by atoms with Gasteiger partial charge in [0.05, 0.1) is 17.5 Å². The molecule has 0 aliphatic carbocycles. The first-order chi connectivity index (χ1) is 17.0. The van der Waals surface area contributed by atoms with Crippen LogP contribution < -0.4 is 0 Å². The van der Waals surface area contributed by atoms with E-state index >= 15 is 0 Å². The molecular formula is C27H25FN4O2S. The van der Waals surface area contributed by atoms with E-state index in [1.807, 2.05) is 48.5 Å². The smallest absolute Gasteiger partial charge is 0.253 e. The molecule has 0 unspecified atom stereocenters. The van der Waals surface area contributed by atoms with Gasteiger partial charge in [0.1, 0.15) is 5.82 Å². The highest BCUT2D eigenvalue weighted by atomic mass is 32.2. The van der Waals surface area contributed by atoms with Crippen molar-refractivity contribution in [3.05, 3.63) is 95.3 Å². The van der Waals surface area contributed by atoms with Crippen molar-refractivity contribution in [2.45, 2.75) is 17.3 Å². The Labute approximate surface area is 207 Å². The Morgan fingerprint density at radius 3 is 2.23 bits per heavy atom. The maximum Gasteiger partial charge on any atom is 0.253 e. The summed E-state index contributed by atoms with van der Waals surface area (Å²) in [5.41, 5.74) is 4.52. The van der Waals surface area contributed by atoms with E-state index in [0.717, 1.165) is 33.1 Å². The highest BCUT2D eigenvalue weighted by Crippen LogP contribution is 2.23. The minimum Gasteiger partial charge on any atom is -0.339 e. The van der Waals surface area contributed by atoms with Crippen LogP contribution in [0.4, 0.5) is 4.39 Å². The topological polar surface area (TPSA) is 69.3 Å². The van der Waals surface area contributed by atoms with Crippen molar-refractivity contribution in [3.8, 4) is 0 Å². The number of para-hydroxylation sites is 2. The minimum atomic E-state index is -0.314. The fourth-order valence-electron chi connectivity index (χ4n) is 4.12. The molecule has 0 radical (unpaired) electrons. The highest BCUT2D eigenvalue weighted by Gasteiger charge is 2.25. The highest BCUT2D eigenvalue weighted by molar-refractivity contribution is 7.98. The number of aromatic amines is 1. The van der Waals surface area contributed by atoms with Crippen LogP contribution in [-0.4, -0.2) is 57.8 Å². The molecule has 2 amide bonds. The van der Waals surface area contributed by atoms with Gasteiger partial charge in [-0.25, -0.2) is 9.37 Å². The minimum absolute atomic E-state index is 0.00462. The van der Waals surface area contributed by atoms with Gasteiger partial charge in [-0.2, -0.15) is 0 Å². The number of benzene rings is 3. The largest absolute Gasteiger partial charge is 0.339 e. The molecule has 3 aromatic carbocycles. The van der Waals surface area contributed by atoms with Gasteiger partial charge in [-0.1, -0.05) is 48.2 Å². The number of halogens is 1. The first kappa shape index (κ1) is 23.1. The second-order valence-electron chi connectivity index (χ2n) is 8.52. The molecule has 0 saturated carbocycles. The van der Waals surface area contributed by atoms with E-state index in [9.17, 15) is 14.0 Å². The Morgan fingerprint density at radius 1 is 0.857 bits per heavy atom. The molecule has 1 aliphatic rings. The molecule has 0 bridgehead atoms. The van der Waals surface area contributed by atoms with Crippen LogP contribution in [0.5, 0.6) is 0 Å². The zero-order valence-corrected chi connectivity index (χ0v) is 19.9. The van der Waals surface area contributed by atoms with Gasteiger partial charge in [-0.05, 0) is 47.5 Å². The first-order valence-electron chi connectivity index (χ1n) is 11.5. The van der Waals surface area contributed by atoms with E-state index in [1.54, 1.807) is 33.7 Å². The van der Waals surface area contributed by atoms with Crippen molar-refractivity contribution in [1.82, 2.24) is 19.8 Å². The maximum atomic E-state index is 13.1. The van der Waals surface area contributed by atoms with Crippen LogP contribution in [-0.2, 0) is 17.0 Å². The number of hydrogen-bond donors (Lipinski definition) is 1. The summed E-state index contributed by atoms with van der Waals surface area (Å²) in [4.78, 5) is 37.0. The SMILES string of the molecule is O=C(Cc1ccc(F)cc1)N1CCN(C(=O)c2ccc(CSc3nc4ccccc4[nH]3)cc2)CC1. The lowest BCUT2D eigenvalue weighted by Gasteiger charge is -2.35. The van der Waals surface area contributed by atoms with E-state index < -0.39 is 0 Å². The molecule has 1 aromatic heterocycles. The number of imidazole rings is 1. The van der Waals surface area contributed by atoms with Crippen molar-refractivity contribution >= 4 is 34.6 Å². The molecule has 4 aromatic rings. The number of piperazine rings is 1. The summed E-state index contributed by atoms with van der Waals surface area (Å²) in [6.07, 6.45) is 0.238. The Hall–Kier alpha value is -3.65. The van der Waals surface area contributed by atoms with E-state index in [-0.39, 0.29) is 24.1 Å². The molecule has 1 N–H and O–H groups in total. The molecule has 2 heterocycles. The van der Waals surface area contributed by atoms with Gasteiger partial charge < -0.3 is 14.8 Å². The number of fused-ring (bicyclic) bond motifs is 1. The lowest BCUT2D eigenvalue weighted by molar-refractivity contribution is -0.131. The number of nitrogens with zero attached hydrogens (tertiary/aromatic N) is 3. The second kappa shape index (κ2) is 10.3. The van der Waals surface area contributed by atoms with E-state index in [0.29, 0.717) is 31.7 Å². The number of nitrogens with one attached hydrogen (secondary N) is 1. The monoisotopic (exact) mass is 488 g/mol. The Balaban J connectivity index is 1.11. The summed E-state index contributed by atoms with van der Waals surface area (Å²) in [7, 11) is 0. The fraction of sp³-hybridized carbons (Fsp3) is 0.222. The Kier molecular flexibility index (Phi) is 6.81. The number of carbonyl (C=O) groups is 2. The summed E-state index contributed by atoms with van der Waals surface area (Å²) < 4.78 is 13.1. The normalized spacial score (nSPS) is 13.9. The summed E-state index contributed by atoms with van der Waals surface area (Å²) >= 11 is 1.63. The quantitative estimate of drug-likeness (QED) is 0.405. The van der Waals surface area contributed by atoms with Gasteiger partial charge in [0.15, 0.2) is 5.16 Å². The maximum absolute atomic E-state index is 13.1. The molecule has 1 aliphatic heterocycles.